The lowest BCUT2D eigenvalue weighted by Crippen LogP contribution is -2.17. The van der Waals surface area contributed by atoms with E-state index in [4.69, 9.17) is 0 Å². The number of phenols is 1. The molecular formula is C20H15N3O2. The van der Waals surface area contributed by atoms with Crippen LogP contribution in [0.5, 0.6) is 5.75 Å². The Hall–Kier alpha value is -3.60. The lowest BCUT2D eigenvalue weighted by Gasteiger charge is -2.05. The number of rotatable bonds is 3. The number of nitrogens with one attached hydrogen (secondary N) is 2. The van der Waals surface area contributed by atoms with Gasteiger partial charge in [0.15, 0.2) is 0 Å². The van der Waals surface area contributed by atoms with E-state index in [0.29, 0.717) is 0 Å². The van der Waals surface area contributed by atoms with E-state index in [2.05, 4.69) is 15.5 Å². The maximum atomic E-state index is 12.3. The zero-order valence-electron chi connectivity index (χ0n) is 13.2. The van der Waals surface area contributed by atoms with E-state index in [1.807, 2.05) is 54.7 Å². The number of benzene rings is 3. The van der Waals surface area contributed by atoms with Gasteiger partial charge in [-0.15, -0.1) is 0 Å². The summed E-state index contributed by atoms with van der Waals surface area (Å²) in [6.45, 7) is 0. The summed E-state index contributed by atoms with van der Waals surface area (Å²) in [5.41, 5.74) is 4.55. The zero-order valence-corrected chi connectivity index (χ0v) is 13.2. The van der Waals surface area contributed by atoms with Crippen LogP contribution in [0.15, 0.2) is 72.0 Å². The molecule has 4 aromatic rings. The Kier molecular flexibility index (Phi) is 3.67. The molecule has 122 valence electrons. The number of aromatic amines is 1. The van der Waals surface area contributed by atoms with Gasteiger partial charge in [-0.2, -0.15) is 5.10 Å². The largest absolute Gasteiger partial charge is 0.507 e. The number of hydrazone groups is 1. The summed E-state index contributed by atoms with van der Waals surface area (Å²) in [5, 5.41) is 16.9. The Bertz CT molecular complexity index is 1110. The first-order valence-electron chi connectivity index (χ1n) is 7.83. The predicted octanol–water partition coefficient (Wildman–Crippen LogP) is 3.79. The lowest BCUT2D eigenvalue weighted by atomic mass is 10.1. The van der Waals surface area contributed by atoms with E-state index < -0.39 is 5.91 Å². The molecule has 25 heavy (non-hydrogen) atoms. The molecule has 0 aliphatic carbocycles. The summed E-state index contributed by atoms with van der Waals surface area (Å²) in [6, 6.07) is 18.5. The van der Waals surface area contributed by atoms with Crippen LogP contribution in [0.2, 0.25) is 0 Å². The molecule has 5 heteroatoms. The second-order valence-electron chi connectivity index (χ2n) is 5.70. The summed E-state index contributed by atoms with van der Waals surface area (Å²) < 4.78 is 0. The molecule has 3 N–H and O–H groups in total. The average Bonchev–Trinajstić information content (AvgIpc) is 3.10. The highest BCUT2D eigenvalue weighted by Crippen LogP contribution is 2.24. The average molecular weight is 329 g/mol. The first-order chi connectivity index (χ1) is 12.2. The van der Waals surface area contributed by atoms with Crippen LogP contribution in [-0.4, -0.2) is 22.2 Å². The van der Waals surface area contributed by atoms with E-state index in [1.54, 1.807) is 18.3 Å². The van der Waals surface area contributed by atoms with E-state index in [9.17, 15) is 9.90 Å². The van der Waals surface area contributed by atoms with E-state index in [-0.39, 0.29) is 11.3 Å². The minimum Gasteiger partial charge on any atom is -0.507 e. The van der Waals surface area contributed by atoms with Gasteiger partial charge in [0.1, 0.15) is 5.75 Å². The number of H-pyrrole nitrogens is 1. The van der Waals surface area contributed by atoms with Crippen molar-refractivity contribution < 1.29 is 9.90 Å². The molecule has 0 fully saturated rings. The van der Waals surface area contributed by atoms with Crippen molar-refractivity contribution in [2.24, 2.45) is 5.10 Å². The van der Waals surface area contributed by atoms with Crippen molar-refractivity contribution in [1.82, 2.24) is 10.4 Å². The van der Waals surface area contributed by atoms with Crippen LogP contribution in [0.25, 0.3) is 21.7 Å². The fourth-order valence-electron chi connectivity index (χ4n) is 2.85. The maximum Gasteiger partial charge on any atom is 0.275 e. The molecule has 0 aliphatic heterocycles. The summed E-state index contributed by atoms with van der Waals surface area (Å²) in [4.78, 5) is 15.4. The van der Waals surface area contributed by atoms with Gasteiger partial charge in [0.05, 0.1) is 11.8 Å². The number of fused-ring (bicyclic) bond motifs is 2. The smallest absolute Gasteiger partial charge is 0.275 e. The quantitative estimate of drug-likeness (QED) is 0.395. The fourth-order valence-corrected chi connectivity index (χ4v) is 2.85. The molecule has 5 nitrogen and oxygen atoms in total. The molecule has 0 saturated heterocycles. The normalized spacial score (nSPS) is 11.4. The monoisotopic (exact) mass is 329 g/mol. The molecule has 0 spiro atoms. The third kappa shape index (κ3) is 2.83. The van der Waals surface area contributed by atoms with Crippen molar-refractivity contribution >= 4 is 33.8 Å². The van der Waals surface area contributed by atoms with Crippen molar-refractivity contribution in [1.29, 1.82) is 0 Å². The number of nitrogens with zero attached hydrogens (tertiary/aromatic N) is 1. The van der Waals surface area contributed by atoms with E-state index in [0.717, 1.165) is 27.2 Å². The third-order valence-electron chi connectivity index (χ3n) is 4.11. The van der Waals surface area contributed by atoms with Gasteiger partial charge in [0, 0.05) is 22.7 Å². The summed E-state index contributed by atoms with van der Waals surface area (Å²) in [6.07, 6.45) is 3.44. The molecule has 0 saturated carbocycles. The Morgan fingerprint density at radius 2 is 1.84 bits per heavy atom. The van der Waals surface area contributed by atoms with Crippen molar-refractivity contribution in [3.05, 3.63) is 78.0 Å². The number of carbonyl (C=O) groups is 1. The number of aromatic nitrogens is 1. The van der Waals surface area contributed by atoms with Gasteiger partial charge in [0.2, 0.25) is 0 Å². The highest BCUT2D eigenvalue weighted by molar-refractivity contribution is 6.03. The molecule has 0 radical (unpaired) electrons. The second-order valence-corrected chi connectivity index (χ2v) is 5.70. The number of hydrogen-bond acceptors (Lipinski definition) is 3. The van der Waals surface area contributed by atoms with Crippen LogP contribution in [0.1, 0.15) is 15.9 Å². The number of amides is 1. The van der Waals surface area contributed by atoms with Gasteiger partial charge in [-0.05, 0) is 35.0 Å². The predicted molar refractivity (Wildman–Crippen MR) is 99.0 cm³/mol. The van der Waals surface area contributed by atoms with Gasteiger partial charge < -0.3 is 10.1 Å². The summed E-state index contributed by atoms with van der Waals surface area (Å²) >= 11 is 0. The molecule has 0 unspecified atom stereocenters. The Balaban J connectivity index is 1.58. The number of aromatic hydroxyl groups is 1. The highest BCUT2D eigenvalue weighted by Gasteiger charge is 2.11. The van der Waals surface area contributed by atoms with E-state index in [1.165, 1.54) is 0 Å². The number of phenolic OH excluding ortho intramolecular Hbond substituents is 1. The second kappa shape index (κ2) is 6.13. The minimum absolute atomic E-state index is 0.0702. The Morgan fingerprint density at radius 3 is 2.68 bits per heavy atom. The molecule has 0 aliphatic rings. The van der Waals surface area contributed by atoms with Crippen LogP contribution in [0, 0.1) is 0 Å². The lowest BCUT2D eigenvalue weighted by molar-refractivity contribution is 0.0952. The number of carbonyl (C=O) groups excluding carboxylic acids is 1. The summed E-state index contributed by atoms with van der Waals surface area (Å²) in [5.74, 6) is -0.528. The zero-order chi connectivity index (χ0) is 17.2. The van der Waals surface area contributed by atoms with Crippen molar-refractivity contribution in [2.75, 3.05) is 0 Å². The van der Waals surface area contributed by atoms with E-state index >= 15 is 0 Å². The van der Waals surface area contributed by atoms with Gasteiger partial charge in [0.25, 0.3) is 5.91 Å². The van der Waals surface area contributed by atoms with Gasteiger partial charge in [-0.25, -0.2) is 5.43 Å². The molecule has 4 rings (SSSR count). The maximum absolute atomic E-state index is 12.3. The van der Waals surface area contributed by atoms with Gasteiger partial charge >= 0.3 is 0 Å². The first kappa shape index (κ1) is 15.0. The van der Waals surface area contributed by atoms with Crippen molar-refractivity contribution in [2.45, 2.75) is 0 Å². The molecule has 1 heterocycles. The van der Waals surface area contributed by atoms with Crippen LogP contribution >= 0.6 is 0 Å². The van der Waals surface area contributed by atoms with Crippen LogP contribution in [0.4, 0.5) is 0 Å². The number of hydrogen-bond donors (Lipinski definition) is 3. The van der Waals surface area contributed by atoms with Crippen molar-refractivity contribution in [3.8, 4) is 5.75 Å². The van der Waals surface area contributed by atoms with Crippen LogP contribution in [0.3, 0.4) is 0 Å². The molecule has 0 bridgehead atoms. The van der Waals surface area contributed by atoms with Crippen molar-refractivity contribution in [3.63, 3.8) is 0 Å². The van der Waals surface area contributed by atoms with Gasteiger partial charge in [-0.1, -0.05) is 36.4 Å². The summed E-state index contributed by atoms with van der Waals surface area (Å²) in [7, 11) is 0. The Morgan fingerprint density at radius 1 is 1.04 bits per heavy atom. The molecular weight excluding hydrogens is 314 g/mol. The molecule has 1 aromatic heterocycles. The topological polar surface area (TPSA) is 77.5 Å². The first-order valence-corrected chi connectivity index (χ1v) is 7.83. The fraction of sp³-hybridized carbons (Fsp3) is 0. The standard InChI is InChI=1S/C20H15N3O2/c24-19-11-14-5-2-1-4-13(14)10-17(19)20(25)23-22-12-15-6-3-7-18-16(15)8-9-21-18/h1-12,21,24H,(H,23,25)/b22-12+. The SMILES string of the molecule is O=C(N/N=C/c1cccc2[nH]ccc12)c1cc2ccccc2cc1O. The molecule has 0 atom stereocenters. The molecule has 1 amide bonds. The molecule has 3 aromatic carbocycles. The Labute approximate surface area is 143 Å². The van der Waals surface area contributed by atoms with Gasteiger partial charge in [-0.3, -0.25) is 4.79 Å². The highest BCUT2D eigenvalue weighted by atomic mass is 16.3. The van der Waals surface area contributed by atoms with Crippen LogP contribution < -0.4 is 5.43 Å². The van der Waals surface area contributed by atoms with Crippen LogP contribution in [-0.2, 0) is 0 Å². The minimum atomic E-state index is -0.458. The third-order valence-corrected chi connectivity index (χ3v) is 4.11.